The van der Waals surface area contributed by atoms with Crippen molar-refractivity contribution in [2.45, 2.75) is 70.9 Å². The molecular weight excluding hydrogens is 464 g/mol. The molecule has 2 aromatic rings. The molecule has 8 heteroatoms. The van der Waals surface area contributed by atoms with Crippen LogP contribution in [0.15, 0.2) is 47.4 Å². The zero-order chi connectivity index (χ0) is 25.6. The van der Waals surface area contributed by atoms with Gasteiger partial charge in [0.15, 0.2) is 0 Å². The quantitative estimate of drug-likeness (QED) is 0.370. The number of carbonyl (C=O) groups excluding carboxylic acids is 1. The Morgan fingerprint density at radius 2 is 1.71 bits per heavy atom. The summed E-state index contributed by atoms with van der Waals surface area (Å²) in [5, 5.41) is 0. The third-order valence-electron chi connectivity index (χ3n) is 6.93. The Hall–Kier alpha value is -2.74. The topological polar surface area (TPSA) is 76.2 Å². The van der Waals surface area contributed by atoms with Gasteiger partial charge in [0.25, 0.3) is 0 Å². The van der Waals surface area contributed by atoms with Crippen molar-refractivity contribution in [3.63, 3.8) is 0 Å². The molecule has 1 atom stereocenters. The van der Waals surface area contributed by atoms with Crippen LogP contribution in [-0.4, -0.2) is 45.5 Å². The first kappa shape index (κ1) is 26.9. The molecule has 0 spiro atoms. The summed E-state index contributed by atoms with van der Waals surface area (Å²) in [6.07, 6.45) is 3.73. The van der Waals surface area contributed by atoms with Crippen LogP contribution in [0.1, 0.15) is 58.9 Å². The zero-order valence-electron chi connectivity index (χ0n) is 21.5. The van der Waals surface area contributed by atoms with Crippen molar-refractivity contribution in [2.24, 2.45) is 5.92 Å². The van der Waals surface area contributed by atoms with Gasteiger partial charge in [0.1, 0.15) is 16.4 Å². The van der Waals surface area contributed by atoms with Crippen molar-refractivity contribution in [3.8, 4) is 11.5 Å². The number of rotatable bonds is 12. The zero-order valence-corrected chi connectivity index (χ0v) is 22.3. The van der Waals surface area contributed by atoms with Gasteiger partial charge in [-0.2, -0.15) is 8.42 Å². The Balaban J connectivity index is 1.99. The van der Waals surface area contributed by atoms with Crippen LogP contribution in [0.5, 0.6) is 11.5 Å². The van der Waals surface area contributed by atoms with Gasteiger partial charge in [-0.1, -0.05) is 19.4 Å². The molecule has 0 heterocycles. The number of ether oxygens (including phenoxy) is 1. The highest BCUT2D eigenvalue weighted by Crippen LogP contribution is 2.33. The molecule has 1 aliphatic rings. The predicted molar refractivity (Wildman–Crippen MR) is 138 cm³/mol. The van der Waals surface area contributed by atoms with E-state index >= 15 is 0 Å². The Morgan fingerprint density at radius 1 is 1.06 bits per heavy atom. The molecule has 0 saturated heterocycles. The average molecular weight is 503 g/mol. The Kier molecular flexibility index (Phi) is 9.05. The van der Waals surface area contributed by atoms with Gasteiger partial charge < -0.3 is 18.7 Å². The smallest absolute Gasteiger partial charge is 0.339 e. The van der Waals surface area contributed by atoms with E-state index in [0.29, 0.717) is 17.9 Å². The summed E-state index contributed by atoms with van der Waals surface area (Å²) < 4.78 is 37.3. The van der Waals surface area contributed by atoms with Crippen molar-refractivity contribution in [2.75, 3.05) is 25.1 Å². The van der Waals surface area contributed by atoms with Crippen molar-refractivity contribution in [1.29, 1.82) is 0 Å². The molecule has 0 bridgehead atoms. The number of carbonyl (C=O) groups is 1. The van der Waals surface area contributed by atoms with Crippen LogP contribution in [0.4, 0.5) is 5.69 Å². The predicted octanol–water partition coefficient (Wildman–Crippen LogP) is 5.24. The molecule has 1 amide bonds. The van der Waals surface area contributed by atoms with Gasteiger partial charge in [-0.3, -0.25) is 4.79 Å². The lowest BCUT2D eigenvalue weighted by Crippen LogP contribution is -2.43. The van der Waals surface area contributed by atoms with E-state index in [1.807, 2.05) is 37.8 Å². The fourth-order valence-electron chi connectivity index (χ4n) is 4.19. The van der Waals surface area contributed by atoms with Crippen LogP contribution in [0, 0.1) is 5.92 Å². The van der Waals surface area contributed by atoms with Gasteiger partial charge in [-0.05, 0) is 70.4 Å². The minimum atomic E-state index is -4.09. The number of anilines is 1. The molecule has 7 nitrogen and oxygen atoms in total. The van der Waals surface area contributed by atoms with Gasteiger partial charge >= 0.3 is 10.1 Å². The molecule has 192 valence electrons. The van der Waals surface area contributed by atoms with Crippen LogP contribution in [0.3, 0.4) is 0 Å². The molecule has 1 fully saturated rings. The lowest BCUT2D eigenvalue weighted by molar-refractivity contribution is -0.141. The van der Waals surface area contributed by atoms with Crippen LogP contribution in [-0.2, 0) is 21.5 Å². The van der Waals surface area contributed by atoms with Gasteiger partial charge in [-0.15, -0.1) is 0 Å². The molecule has 1 aliphatic carbocycles. The normalized spacial score (nSPS) is 14.7. The highest BCUT2D eigenvalue weighted by atomic mass is 32.2. The second kappa shape index (κ2) is 11.8. The van der Waals surface area contributed by atoms with E-state index in [0.717, 1.165) is 44.5 Å². The molecular formula is C27H38N2O5S. The highest BCUT2D eigenvalue weighted by Gasteiger charge is 2.32. The first-order valence-corrected chi connectivity index (χ1v) is 13.9. The van der Waals surface area contributed by atoms with Gasteiger partial charge in [-0.25, -0.2) is 0 Å². The third-order valence-corrected chi connectivity index (χ3v) is 8.18. The van der Waals surface area contributed by atoms with Gasteiger partial charge in [0.05, 0.1) is 7.11 Å². The average Bonchev–Trinajstić information content (AvgIpc) is 2.82. The second-order valence-electron chi connectivity index (χ2n) is 9.03. The van der Waals surface area contributed by atoms with Crippen LogP contribution >= 0.6 is 0 Å². The number of hydrogen-bond donors (Lipinski definition) is 0. The van der Waals surface area contributed by atoms with Crippen molar-refractivity contribution >= 4 is 21.7 Å². The minimum absolute atomic E-state index is 0.0385. The second-order valence-corrected chi connectivity index (χ2v) is 10.6. The molecule has 3 rings (SSSR count). The standard InChI is InChI=1S/C27H38N2O5S/c1-6-20(4)29(27(30)21-10-9-11-21)19-22-12-13-23(28(7-2)8-3)18-26(22)34-35(31,32)25-16-14-24(33-5)15-17-25/h12-18,20-21H,6-11,19H2,1-5H3/t20-/m0/s1. The SMILES string of the molecule is CC[C@H](C)N(Cc1ccc(N(CC)CC)cc1OS(=O)(=O)c1ccc(OC)cc1)C(=O)C1CCC1. The molecule has 35 heavy (non-hydrogen) atoms. The van der Waals surface area contributed by atoms with Crippen LogP contribution < -0.4 is 13.8 Å². The van der Waals surface area contributed by atoms with E-state index in [-0.39, 0.29) is 28.5 Å². The number of nitrogens with zero attached hydrogens (tertiary/aromatic N) is 2. The summed E-state index contributed by atoms with van der Waals surface area (Å²) in [6.45, 7) is 10.0. The van der Waals surface area contributed by atoms with Crippen LogP contribution in [0.25, 0.3) is 0 Å². The van der Waals surface area contributed by atoms with Crippen molar-refractivity contribution < 1.29 is 22.1 Å². The number of benzene rings is 2. The lowest BCUT2D eigenvalue weighted by Gasteiger charge is -2.35. The van der Waals surface area contributed by atoms with Crippen molar-refractivity contribution in [1.82, 2.24) is 4.90 Å². The summed E-state index contributed by atoms with van der Waals surface area (Å²) in [4.78, 5) is 17.3. The van der Waals surface area contributed by atoms with Gasteiger partial charge in [0.2, 0.25) is 5.91 Å². The lowest BCUT2D eigenvalue weighted by atomic mass is 9.84. The van der Waals surface area contributed by atoms with Crippen molar-refractivity contribution in [3.05, 3.63) is 48.0 Å². The van der Waals surface area contributed by atoms with E-state index < -0.39 is 10.1 Å². The van der Waals surface area contributed by atoms with E-state index in [4.69, 9.17) is 8.92 Å². The van der Waals surface area contributed by atoms with E-state index in [2.05, 4.69) is 11.8 Å². The number of hydrogen-bond acceptors (Lipinski definition) is 6. The fourth-order valence-corrected chi connectivity index (χ4v) is 5.15. The molecule has 0 N–H and O–H groups in total. The van der Waals surface area contributed by atoms with Gasteiger partial charge in [0, 0.05) is 48.9 Å². The molecule has 0 aromatic heterocycles. The number of methoxy groups -OCH3 is 1. The molecule has 0 radical (unpaired) electrons. The molecule has 0 aliphatic heterocycles. The Bertz CT molecular complexity index is 1090. The highest BCUT2D eigenvalue weighted by molar-refractivity contribution is 7.87. The maximum Gasteiger partial charge on any atom is 0.339 e. The third kappa shape index (κ3) is 6.28. The minimum Gasteiger partial charge on any atom is -0.497 e. The largest absolute Gasteiger partial charge is 0.497 e. The molecule has 0 unspecified atom stereocenters. The summed E-state index contributed by atoms with van der Waals surface area (Å²) in [5.74, 6) is 1.01. The maximum atomic E-state index is 13.2. The first-order chi connectivity index (χ1) is 16.7. The summed E-state index contributed by atoms with van der Waals surface area (Å²) in [6, 6.07) is 11.8. The molecule has 2 aromatic carbocycles. The fraction of sp³-hybridized carbons (Fsp3) is 0.519. The maximum absolute atomic E-state index is 13.2. The Labute approximate surface area is 210 Å². The summed E-state index contributed by atoms with van der Waals surface area (Å²) >= 11 is 0. The van der Waals surface area contributed by atoms with Crippen LogP contribution in [0.2, 0.25) is 0 Å². The number of amides is 1. The van der Waals surface area contributed by atoms with E-state index in [9.17, 15) is 13.2 Å². The summed E-state index contributed by atoms with van der Waals surface area (Å²) in [7, 11) is -2.56. The Morgan fingerprint density at radius 3 is 2.23 bits per heavy atom. The van der Waals surface area contributed by atoms with E-state index in [1.165, 1.54) is 19.2 Å². The molecule has 1 saturated carbocycles. The summed E-state index contributed by atoms with van der Waals surface area (Å²) in [5.41, 5.74) is 1.55. The van der Waals surface area contributed by atoms with E-state index in [1.54, 1.807) is 18.2 Å². The monoisotopic (exact) mass is 502 g/mol. The first-order valence-electron chi connectivity index (χ1n) is 12.5.